The van der Waals surface area contributed by atoms with E-state index in [1.807, 2.05) is 5.57 Å². The van der Waals surface area contributed by atoms with Crippen molar-refractivity contribution in [2.45, 2.75) is 126 Å². The van der Waals surface area contributed by atoms with Gasteiger partial charge in [-0.2, -0.15) is 0 Å². The topological polar surface area (TPSA) is 26.3 Å². The second-order valence-electron chi connectivity index (χ2n) is 15.3. The predicted octanol–water partition coefficient (Wildman–Crippen LogP) is 8.60. The Morgan fingerprint density at radius 3 is 2.26 bits per heavy atom. The molecule has 5 aliphatic rings. The minimum Gasteiger partial charge on any atom is -0.462 e. The smallest absolute Gasteiger partial charge is 0.302 e. The molecule has 0 aromatic heterocycles. The summed E-state index contributed by atoms with van der Waals surface area (Å²) in [4.78, 5) is 11.9. The van der Waals surface area contributed by atoms with Gasteiger partial charge in [0.1, 0.15) is 6.10 Å². The first-order valence-electron chi connectivity index (χ1n) is 14.6. The molecule has 0 aliphatic heterocycles. The summed E-state index contributed by atoms with van der Waals surface area (Å²) in [5.74, 6) is 3.66. The van der Waals surface area contributed by atoms with Gasteiger partial charge in [0.2, 0.25) is 0 Å². The third kappa shape index (κ3) is 3.08. The Bertz CT molecular complexity index is 885. The van der Waals surface area contributed by atoms with Gasteiger partial charge in [-0.25, -0.2) is 0 Å². The maximum absolute atomic E-state index is 11.9. The summed E-state index contributed by atoms with van der Waals surface area (Å²) in [6.07, 6.45) is 14.6. The first-order chi connectivity index (χ1) is 15.7. The Labute approximate surface area is 210 Å². The number of ether oxygens (including phenoxy) is 1. The number of hydrogen-bond donors (Lipinski definition) is 0. The molecule has 2 nitrogen and oxygen atoms in total. The molecule has 0 aromatic carbocycles. The van der Waals surface area contributed by atoms with Gasteiger partial charge in [-0.15, -0.1) is 0 Å². The van der Waals surface area contributed by atoms with E-state index >= 15 is 0 Å². The zero-order chi connectivity index (χ0) is 24.9. The molecule has 5 rings (SSSR count). The predicted molar refractivity (Wildman–Crippen MR) is 140 cm³/mol. The average molecular weight is 469 g/mol. The van der Waals surface area contributed by atoms with E-state index < -0.39 is 0 Å². The van der Waals surface area contributed by atoms with Gasteiger partial charge in [-0.1, -0.05) is 67.0 Å². The van der Waals surface area contributed by atoms with Crippen LogP contribution in [0.4, 0.5) is 0 Å². The van der Waals surface area contributed by atoms with E-state index in [2.05, 4.69) is 61.5 Å². The number of carbonyl (C=O) groups is 1. The summed E-state index contributed by atoms with van der Waals surface area (Å²) in [5.41, 5.74) is 3.44. The van der Waals surface area contributed by atoms with E-state index in [0.717, 1.165) is 30.1 Å². The van der Waals surface area contributed by atoms with Crippen molar-refractivity contribution in [3.63, 3.8) is 0 Å². The van der Waals surface area contributed by atoms with E-state index in [4.69, 9.17) is 4.74 Å². The molecule has 0 amide bonds. The molecule has 2 heteroatoms. The summed E-state index contributed by atoms with van der Waals surface area (Å²) in [6, 6.07) is 0. The Kier molecular flexibility index (Phi) is 5.57. The van der Waals surface area contributed by atoms with Crippen LogP contribution in [-0.2, 0) is 9.53 Å². The molecule has 34 heavy (non-hydrogen) atoms. The molecule has 192 valence electrons. The Balaban J connectivity index is 1.54. The summed E-state index contributed by atoms with van der Waals surface area (Å²) >= 11 is 0. The lowest BCUT2D eigenvalue weighted by atomic mass is 9.33. The molecule has 0 saturated heterocycles. The van der Waals surface area contributed by atoms with Crippen molar-refractivity contribution in [3.05, 3.63) is 11.6 Å². The van der Waals surface area contributed by atoms with E-state index in [1.165, 1.54) is 51.4 Å². The lowest BCUT2D eigenvalue weighted by molar-refractivity contribution is -0.212. The molecule has 0 spiro atoms. The second-order valence-corrected chi connectivity index (χ2v) is 15.3. The summed E-state index contributed by atoms with van der Waals surface area (Å²) < 4.78 is 5.91. The van der Waals surface area contributed by atoms with Crippen molar-refractivity contribution in [2.75, 3.05) is 0 Å². The van der Waals surface area contributed by atoms with Crippen LogP contribution < -0.4 is 0 Å². The van der Waals surface area contributed by atoms with Gasteiger partial charge < -0.3 is 4.74 Å². The minimum absolute atomic E-state index is 0.0450. The number of rotatable bonds is 1. The summed E-state index contributed by atoms with van der Waals surface area (Å²) in [5, 5.41) is 0. The van der Waals surface area contributed by atoms with Crippen LogP contribution in [0.15, 0.2) is 11.6 Å². The van der Waals surface area contributed by atoms with Crippen molar-refractivity contribution in [1.82, 2.24) is 0 Å². The van der Waals surface area contributed by atoms with Crippen LogP contribution in [0.1, 0.15) is 120 Å². The lowest BCUT2D eigenvalue weighted by Crippen LogP contribution is -2.65. The normalized spacial score (nSPS) is 54.0. The Morgan fingerprint density at radius 2 is 1.59 bits per heavy atom. The maximum atomic E-state index is 11.9. The SMILES string of the molecule is CC(=O)O[C@H]1CC[C@@]2(C)C(CC[C@]3(C)C2CC=C2C4[C@@H](C)C(C)CC[C@]4(C)CCC23C)C1(C)C. The van der Waals surface area contributed by atoms with Crippen LogP contribution in [0.2, 0.25) is 0 Å². The van der Waals surface area contributed by atoms with E-state index in [1.54, 1.807) is 6.92 Å². The highest BCUT2D eigenvalue weighted by molar-refractivity contribution is 5.66. The number of fused-ring (bicyclic) bond motifs is 7. The van der Waals surface area contributed by atoms with Gasteiger partial charge in [-0.05, 0) is 109 Å². The lowest BCUT2D eigenvalue weighted by Gasteiger charge is -2.71. The molecule has 0 bridgehead atoms. The van der Waals surface area contributed by atoms with Crippen molar-refractivity contribution in [3.8, 4) is 0 Å². The van der Waals surface area contributed by atoms with Gasteiger partial charge in [0.15, 0.2) is 0 Å². The third-order valence-corrected chi connectivity index (χ3v) is 13.6. The van der Waals surface area contributed by atoms with Gasteiger partial charge in [0.25, 0.3) is 0 Å². The van der Waals surface area contributed by atoms with Crippen LogP contribution in [0.25, 0.3) is 0 Å². The van der Waals surface area contributed by atoms with Crippen molar-refractivity contribution < 1.29 is 9.53 Å². The standard InChI is InChI=1S/C32H52O2/c1-20-12-15-29(6)18-19-31(8)23(27(29)21(20)2)10-11-25-30(7)16-14-26(34-22(3)33)28(4,5)24(30)13-17-32(25,31)9/h10,20-21,24-27H,11-19H2,1-9H3/t20?,21-,24?,25?,26-,27?,29+,30-,31?,32+/m0/s1. The van der Waals surface area contributed by atoms with Crippen molar-refractivity contribution in [2.24, 2.45) is 56.7 Å². The number of allylic oxidation sites excluding steroid dienone is 2. The zero-order valence-corrected chi connectivity index (χ0v) is 23.7. The maximum Gasteiger partial charge on any atom is 0.302 e. The third-order valence-electron chi connectivity index (χ3n) is 13.6. The minimum atomic E-state index is -0.110. The molecule has 5 unspecified atom stereocenters. The first-order valence-corrected chi connectivity index (χ1v) is 14.6. The average Bonchev–Trinajstić information content (AvgIpc) is 2.74. The van der Waals surface area contributed by atoms with E-state index in [-0.39, 0.29) is 17.5 Å². The largest absolute Gasteiger partial charge is 0.462 e. The Hall–Kier alpha value is -0.790. The zero-order valence-electron chi connectivity index (χ0n) is 23.7. The first kappa shape index (κ1) is 24.9. The molecular formula is C32H52O2. The molecule has 4 saturated carbocycles. The fourth-order valence-electron chi connectivity index (χ4n) is 11.2. The molecule has 5 aliphatic carbocycles. The monoisotopic (exact) mass is 468 g/mol. The number of carbonyl (C=O) groups excluding carboxylic acids is 1. The highest BCUT2D eigenvalue weighted by atomic mass is 16.5. The summed E-state index contributed by atoms with van der Waals surface area (Å²) in [7, 11) is 0. The van der Waals surface area contributed by atoms with Gasteiger partial charge in [0, 0.05) is 12.3 Å². The fraction of sp³-hybridized carbons (Fsp3) is 0.906. The molecule has 0 heterocycles. The summed E-state index contributed by atoms with van der Waals surface area (Å²) in [6.45, 7) is 22.1. The highest BCUT2D eigenvalue weighted by Crippen LogP contribution is 2.75. The van der Waals surface area contributed by atoms with Crippen LogP contribution in [0.5, 0.6) is 0 Å². The van der Waals surface area contributed by atoms with Gasteiger partial charge >= 0.3 is 5.97 Å². The highest BCUT2D eigenvalue weighted by Gasteiger charge is 2.68. The van der Waals surface area contributed by atoms with Gasteiger partial charge in [0.05, 0.1) is 0 Å². The van der Waals surface area contributed by atoms with Crippen LogP contribution in [-0.4, -0.2) is 12.1 Å². The second kappa shape index (κ2) is 7.61. The number of hydrogen-bond acceptors (Lipinski definition) is 2. The van der Waals surface area contributed by atoms with Crippen molar-refractivity contribution in [1.29, 1.82) is 0 Å². The molecule has 4 fully saturated rings. The molecule has 10 atom stereocenters. The fourth-order valence-corrected chi connectivity index (χ4v) is 11.2. The number of esters is 1. The molecule has 0 N–H and O–H groups in total. The van der Waals surface area contributed by atoms with E-state index in [0.29, 0.717) is 27.6 Å². The molecule has 0 radical (unpaired) electrons. The van der Waals surface area contributed by atoms with Crippen molar-refractivity contribution >= 4 is 5.97 Å². The van der Waals surface area contributed by atoms with Crippen LogP contribution >= 0.6 is 0 Å². The van der Waals surface area contributed by atoms with E-state index in [9.17, 15) is 4.79 Å². The van der Waals surface area contributed by atoms with Crippen LogP contribution in [0.3, 0.4) is 0 Å². The van der Waals surface area contributed by atoms with Crippen LogP contribution in [0, 0.1) is 56.7 Å². The molecular weight excluding hydrogens is 416 g/mol. The molecule has 0 aromatic rings. The van der Waals surface area contributed by atoms with Gasteiger partial charge in [-0.3, -0.25) is 4.79 Å². The quantitative estimate of drug-likeness (QED) is 0.284. The Morgan fingerprint density at radius 1 is 0.882 bits per heavy atom.